The molecule has 0 aliphatic carbocycles. The second-order valence-electron chi connectivity index (χ2n) is 4.66. The molecule has 0 radical (unpaired) electrons. The Morgan fingerprint density at radius 1 is 1.19 bits per heavy atom. The highest BCUT2D eigenvalue weighted by molar-refractivity contribution is 5.96. The zero-order valence-corrected chi connectivity index (χ0v) is 11.1. The number of fused-ring (bicyclic) bond motifs is 1. The quantitative estimate of drug-likeness (QED) is 0.601. The Kier molecular flexibility index (Phi) is 2.84. The van der Waals surface area contributed by atoms with E-state index in [4.69, 9.17) is 17.2 Å². The highest BCUT2D eigenvalue weighted by Gasteiger charge is 2.18. The van der Waals surface area contributed by atoms with E-state index < -0.39 is 0 Å². The fraction of sp³-hybridized carbons (Fsp3) is 0.0714. The second-order valence-corrected chi connectivity index (χ2v) is 4.66. The molecule has 1 aromatic carbocycles. The summed E-state index contributed by atoms with van der Waals surface area (Å²) in [5, 5.41) is 9.78. The molecule has 0 atom stereocenters. The minimum Gasteiger partial charge on any atom is -0.399 e. The van der Waals surface area contributed by atoms with Crippen LogP contribution in [0.5, 0.6) is 0 Å². The van der Waals surface area contributed by atoms with E-state index in [1.54, 1.807) is 4.57 Å². The molecule has 7 heteroatoms. The molecule has 0 amide bonds. The van der Waals surface area contributed by atoms with Crippen molar-refractivity contribution in [3.63, 3.8) is 0 Å². The lowest BCUT2D eigenvalue weighted by Crippen LogP contribution is -2.06. The first-order valence-corrected chi connectivity index (χ1v) is 6.24. The molecule has 0 saturated carbocycles. The molecule has 3 rings (SSSR count). The average Bonchev–Trinajstić information content (AvgIpc) is 2.73. The van der Waals surface area contributed by atoms with Gasteiger partial charge in [-0.15, -0.1) is 0 Å². The largest absolute Gasteiger partial charge is 0.399 e. The van der Waals surface area contributed by atoms with Gasteiger partial charge in [0, 0.05) is 5.69 Å². The van der Waals surface area contributed by atoms with Crippen molar-refractivity contribution in [2.45, 2.75) is 6.54 Å². The molecule has 104 valence electrons. The van der Waals surface area contributed by atoms with Crippen molar-refractivity contribution in [3.8, 4) is 6.07 Å². The van der Waals surface area contributed by atoms with E-state index in [9.17, 15) is 5.26 Å². The third kappa shape index (κ3) is 1.99. The van der Waals surface area contributed by atoms with Crippen molar-refractivity contribution >= 4 is 28.4 Å². The number of nitrogens with zero attached hydrogens (tertiary/aromatic N) is 4. The third-order valence-corrected chi connectivity index (χ3v) is 3.31. The van der Waals surface area contributed by atoms with Gasteiger partial charge in [0.2, 0.25) is 0 Å². The minimum atomic E-state index is 0.245. The molecular formula is C14H13N7. The lowest BCUT2D eigenvalue weighted by atomic mass is 10.2. The van der Waals surface area contributed by atoms with Gasteiger partial charge in [0.15, 0.2) is 0 Å². The van der Waals surface area contributed by atoms with Crippen LogP contribution in [0.4, 0.5) is 17.3 Å². The maximum Gasteiger partial charge on any atom is 0.148 e. The van der Waals surface area contributed by atoms with Gasteiger partial charge in [0.25, 0.3) is 0 Å². The standard InChI is InChI=1S/C14H13N7/c15-5-10-11-12(17)19-7-20-14(11)21(13(10)18)6-8-2-1-3-9(16)4-8/h1-4,7H,6,16,18H2,(H2,17,19,20). The van der Waals surface area contributed by atoms with Gasteiger partial charge < -0.3 is 21.8 Å². The summed E-state index contributed by atoms with van der Waals surface area (Å²) in [4.78, 5) is 8.12. The van der Waals surface area contributed by atoms with Crippen molar-refractivity contribution in [2.24, 2.45) is 0 Å². The smallest absolute Gasteiger partial charge is 0.148 e. The molecule has 3 aromatic rings. The average molecular weight is 279 g/mol. The van der Waals surface area contributed by atoms with Gasteiger partial charge in [0.05, 0.1) is 11.9 Å². The van der Waals surface area contributed by atoms with E-state index in [1.165, 1.54) is 6.33 Å². The number of hydrogen-bond donors (Lipinski definition) is 3. The first-order chi connectivity index (χ1) is 10.1. The summed E-state index contributed by atoms with van der Waals surface area (Å²) in [6.07, 6.45) is 1.36. The predicted molar refractivity (Wildman–Crippen MR) is 81.0 cm³/mol. The first kappa shape index (κ1) is 12.7. The molecule has 0 aliphatic heterocycles. The Hall–Kier alpha value is -3.27. The highest BCUT2D eigenvalue weighted by Crippen LogP contribution is 2.30. The third-order valence-electron chi connectivity index (χ3n) is 3.31. The van der Waals surface area contributed by atoms with Crippen LogP contribution in [-0.2, 0) is 6.54 Å². The van der Waals surface area contributed by atoms with Crippen molar-refractivity contribution in [2.75, 3.05) is 17.2 Å². The van der Waals surface area contributed by atoms with Gasteiger partial charge in [-0.25, -0.2) is 9.97 Å². The number of nitrogen functional groups attached to an aromatic ring is 3. The lowest BCUT2D eigenvalue weighted by Gasteiger charge is -2.08. The molecule has 0 aliphatic rings. The number of anilines is 3. The van der Waals surface area contributed by atoms with E-state index in [1.807, 2.05) is 24.3 Å². The SMILES string of the molecule is N#Cc1c(N)n(Cc2cccc(N)c2)c2ncnc(N)c12. The molecule has 0 bridgehead atoms. The minimum absolute atomic E-state index is 0.245. The van der Waals surface area contributed by atoms with Crippen molar-refractivity contribution in [3.05, 3.63) is 41.7 Å². The molecule has 0 fully saturated rings. The molecule has 0 unspecified atom stereocenters. The molecule has 0 saturated heterocycles. The summed E-state index contributed by atoms with van der Waals surface area (Å²) in [5.41, 5.74) is 20.1. The van der Waals surface area contributed by atoms with Gasteiger partial charge in [-0.05, 0) is 17.7 Å². The van der Waals surface area contributed by atoms with Crippen LogP contribution in [0, 0.1) is 11.3 Å². The van der Waals surface area contributed by atoms with Crippen LogP contribution in [0.15, 0.2) is 30.6 Å². The summed E-state index contributed by atoms with van der Waals surface area (Å²) in [6.45, 7) is 0.450. The summed E-state index contributed by atoms with van der Waals surface area (Å²) < 4.78 is 1.74. The Balaban J connectivity index is 2.22. The molecule has 0 spiro atoms. The van der Waals surface area contributed by atoms with Crippen molar-refractivity contribution in [1.82, 2.24) is 14.5 Å². The van der Waals surface area contributed by atoms with Crippen LogP contribution >= 0.6 is 0 Å². The first-order valence-electron chi connectivity index (χ1n) is 6.24. The Morgan fingerprint density at radius 2 is 2.00 bits per heavy atom. The summed E-state index contributed by atoms with van der Waals surface area (Å²) in [6, 6.07) is 9.51. The van der Waals surface area contributed by atoms with Crippen molar-refractivity contribution in [1.29, 1.82) is 5.26 Å². The van der Waals surface area contributed by atoms with Crippen LogP contribution in [0.2, 0.25) is 0 Å². The molecule has 21 heavy (non-hydrogen) atoms. The van der Waals surface area contributed by atoms with E-state index in [-0.39, 0.29) is 5.82 Å². The van der Waals surface area contributed by atoms with E-state index in [0.717, 1.165) is 5.56 Å². The Bertz CT molecular complexity index is 873. The molecule has 2 heterocycles. The van der Waals surface area contributed by atoms with Crippen molar-refractivity contribution < 1.29 is 0 Å². The summed E-state index contributed by atoms with van der Waals surface area (Å²) in [5.74, 6) is 0.566. The van der Waals surface area contributed by atoms with Crippen LogP contribution in [-0.4, -0.2) is 14.5 Å². The summed E-state index contributed by atoms with van der Waals surface area (Å²) >= 11 is 0. The molecule has 7 nitrogen and oxygen atoms in total. The predicted octanol–water partition coefficient (Wildman–Crippen LogP) is 1.10. The number of nitriles is 1. The number of hydrogen-bond acceptors (Lipinski definition) is 6. The monoisotopic (exact) mass is 279 g/mol. The fourth-order valence-corrected chi connectivity index (χ4v) is 2.36. The molecule has 2 aromatic heterocycles. The van der Waals surface area contributed by atoms with Gasteiger partial charge >= 0.3 is 0 Å². The Labute approximate surface area is 120 Å². The summed E-state index contributed by atoms with van der Waals surface area (Å²) in [7, 11) is 0. The van der Waals surface area contributed by atoms with Crippen LogP contribution in [0.1, 0.15) is 11.1 Å². The van der Waals surface area contributed by atoms with Crippen LogP contribution < -0.4 is 17.2 Å². The van der Waals surface area contributed by atoms with Gasteiger partial charge in [0.1, 0.15) is 35.2 Å². The van der Waals surface area contributed by atoms with E-state index in [2.05, 4.69) is 16.0 Å². The van der Waals surface area contributed by atoms with Gasteiger partial charge in [-0.3, -0.25) is 0 Å². The maximum atomic E-state index is 9.29. The molecular weight excluding hydrogens is 266 g/mol. The second kappa shape index (κ2) is 4.68. The maximum absolute atomic E-state index is 9.29. The molecule has 6 N–H and O–H groups in total. The van der Waals surface area contributed by atoms with E-state index in [0.29, 0.717) is 34.6 Å². The normalized spacial score (nSPS) is 10.6. The van der Waals surface area contributed by atoms with Gasteiger partial charge in [-0.1, -0.05) is 12.1 Å². The number of rotatable bonds is 2. The van der Waals surface area contributed by atoms with Crippen LogP contribution in [0.3, 0.4) is 0 Å². The zero-order valence-electron chi connectivity index (χ0n) is 11.1. The number of benzene rings is 1. The topological polar surface area (TPSA) is 133 Å². The number of aromatic nitrogens is 3. The zero-order chi connectivity index (χ0) is 15.0. The number of nitrogens with two attached hydrogens (primary N) is 3. The fourth-order valence-electron chi connectivity index (χ4n) is 2.36. The lowest BCUT2D eigenvalue weighted by molar-refractivity contribution is 0.834. The van der Waals surface area contributed by atoms with Crippen LogP contribution in [0.25, 0.3) is 11.0 Å². The van der Waals surface area contributed by atoms with E-state index >= 15 is 0 Å². The van der Waals surface area contributed by atoms with Gasteiger partial charge in [-0.2, -0.15) is 5.26 Å². The Morgan fingerprint density at radius 3 is 2.71 bits per heavy atom. The highest BCUT2D eigenvalue weighted by atomic mass is 15.1.